The van der Waals surface area contributed by atoms with E-state index in [9.17, 15) is 4.79 Å². The SMILES string of the molecule is O=C(C1CN(Cc2ccccc2)CCN1)N1CCCC1. The van der Waals surface area contributed by atoms with Crippen LogP contribution in [0.15, 0.2) is 30.3 Å². The summed E-state index contributed by atoms with van der Waals surface area (Å²) in [4.78, 5) is 16.8. The van der Waals surface area contributed by atoms with Crippen LogP contribution in [0.4, 0.5) is 0 Å². The fraction of sp³-hybridized carbons (Fsp3) is 0.562. The first-order valence-electron chi connectivity index (χ1n) is 7.61. The molecule has 20 heavy (non-hydrogen) atoms. The molecular weight excluding hydrogens is 250 g/mol. The van der Waals surface area contributed by atoms with Gasteiger partial charge in [0.05, 0.1) is 6.04 Å². The average molecular weight is 273 g/mol. The van der Waals surface area contributed by atoms with Crippen LogP contribution in [0.1, 0.15) is 18.4 Å². The van der Waals surface area contributed by atoms with Gasteiger partial charge < -0.3 is 10.2 Å². The van der Waals surface area contributed by atoms with E-state index in [4.69, 9.17) is 0 Å². The summed E-state index contributed by atoms with van der Waals surface area (Å²) in [5.41, 5.74) is 1.32. The normalized spacial score (nSPS) is 24.0. The summed E-state index contributed by atoms with van der Waals surface area (Å²) in [6.07, 6.45) is 2.32. The third-order valence-electron chi connectivity index (χ3n) is 4.22. The van der Waals surface area contributed by atoms with Crippen molar-refractivity contribution < 1.29 is 4.79 Å². The predicted octanol–water partition coefficient (Wildman–Crippen LogP) is 1.08. The summed E-state index contributed by atoms with van der Waals surface area (Å²) in [6, 6.07) is 10.5. The number of nitrogens with one attached hydrogen (secondary N) is 1. The van der Waals surface area contributed by atoms with Gasteiger partial charge in [-0.25, -0.2) is 0 Å². The molecular formula is C16H23N3O. The van der Waals surface area contributed by atoms with Gasteiger partial charge in [0.2, 0.25) is 5.91 Å². The quantitative estimate of drug-likeness (QED) is 0.895. The molecule has 4 heteroatoms. The van der Waals surface area contributed by atoms with Crippen molar-refractivity contribution in [2.45, 2.75) is 25.4 Å². The topological polar surface area (TPSA) is 35.6 Å². The van der Waals surface area contributed by atoms with Crippen LogP contribution >= 0.6 is 0 Å². The van der Waals surface area contributed by atoms with Gasteiger partial charge in [0, 0.05) is 39.3 Å². The fourth-order valence-corrected chi connectivity index (χ4v) is 3.12. The van der Waals surface area contributed by atoms with Crippen molar-refractivity contribution in [3.8, 4) is 0 Å². The molecule has 0 spiro atoms. The number of amides is 1. The number of benzene rings is 1. The molecule has 1 atom stereocenters. The van der Waals surface area contributed by atoms with Gasteiger partial charge >= 0.3 is 0 Å². The highest BCUT2D eigenvalue weighted by molar-refractivity contribution is 5.82. The maximum Gasteiger partial charge on any atom is 0.241 e. The summed E-state index contributed by atoms with van der Waals surface area (Å²) < 4.78 is 0. The predicted molar refractivity (Wildman–Crippen MR) is 79.3 cm³/mol. The molecule has 1 amide bonds. The van der Waals surface area contributed by atoms with Gasteiger partial charge in [-0.1, -0.05) is 30.3 Å². The number of hydrogen-bond acceptors (Lipinski definition) is 3. The molecule has 4 nitrogen and oxygen atoms in total. The van der Waals surface area contributed by atoms with Crippen LogP contribution in [0.5, 0.6) is 0 Å². The molecule has 0 bridgehead atoms. The fourth-order valence-electron chi connectivity index (χ4n) is 3.12. The smallest absolute Gasteiger partial charge is 0.241 e. The zero-order valence-corrected chi connectivity index (χ0v) is 11.9. The van der Waals surface area contributed by atoms with E-state index in [-0.39, 0.29) is 6.04 Å². The Morgan fingerprint density at radius 3 is 2.65 bits per heavy atom. The molecule has 2 aliphatic heterocycles. The van der Waals surface area contributed by atoms with E-state index in [2.05, 4.69) is 34.5 Å². The van der Waals surface area contributed by atoms with Gasteiger partial charge in [0.15, 0.2) is 0 Å². The van der Waals surface area contributed by atoms with Crippen LogP contribution in [-0.4, -0.2) is 54.5 Å². The van der Waals surface area contributed by atoms with E-state index >= 15 is 0 Å². The van der Waals surface area contributed by atoms with Crippen molar-refractivity contribution in [1.29, 1.82) is 0 Å². The van der Waals surface area contributed by atoms with Crippen molar-refractivity contribution >= 4 is 5.91 Å². The Balaban J connectivity index is 1.57. The second kappa shape index (κ2) is 6.37. The minimum absolute atomic E-state index is 0.0226. The van der Waals surface area contributed by atoms with E-state index < -0.39 is 0 Å². The lowest BCUT2D eigenvalue weighted by molar-refractivity contribution is -0.133. The summed E-state index contributed by atoms with van der Waals surface area (Å²) in [7, 11) is 0. The molecule has 2 saturated heterocycles. The van der Waals surface area contributed by atoms with Crippen molar-refractivity contribution in [2.75, 3.05) is 32.7 Å². The van der Waals surface area contributed by atoms with Crippen LogP contribution in [-0.2, 0) is 11.3 Å². The van der Waals surface area contributed by atoms with Crippen LogP contribution < -0.4 is 5.32 Å². The second-order valence-corrected chi connectivity index (χ2v) is 5.76. The lowest BCUT2D eigenvalue weighted by Gasteiger charge is -2.34. The standard InChI is InChI=1S/C16H23N3O/c20-16(19-9-4-5-10-19)15-13-18(11-8-17-15)12-14-6-2-1-3-7-14/h1-3,6-7,15,17H,4-5,8-13H2. The highest BCUT2D eigenvalue weighted by Gasteiger charge is 2.30. The number of piperazine rings is 1. The third-order valence-corrected chi connectivity index (χ3v) is 4.22. The number of likely N-dealkylation sites (tertiary alicyclic amines) is 1. The average Bonchev–Trinajstić information content (AvgIpc) is 3.02. The molecule has 2 aliphatic rings. The minimum atomic E-state index is -0.0226. The summed E-state index contributed by atoms with van der Waals surface area (Å²) >= 11 is 0. The number of nitrogens with zero attached hydrogens (tertiary/aromatic N) is 2. The Morgan fingerprint density at radius 1 is 1.15 bits per heavy atom. The number of hydrogen-bond donors (Lipinski definition) is 1. The largest absolute Gasteiger partial charge is 0.341 e. The number of carbonyl (C=O) groups excluding carboxylic acids is 1. The Kier molecular flexibility index (Phi) is 4.33. The summed E-state index contributed by atoms with van der Waals surface area (Å²) in [5.74, 6) is 0.292. The highest BCUT2D eigenvalue weighted by atomic mass is 16.2. The molecule has 0 aromatic heterocycles. The van der Waals surface area contributed by atoms with E-state index in [0.29, 0.717) is 5.91 Å². The van der Waals surface area contributed by atoms with Gasteiger partial charge in [-0.2, -0.15) is 0 Å². The molecule has 108 valence electrons. The monoisotopic (exact) mass is 273 g/mol. The van der Waals surface area contributed by atoms with E-state index in [1.165, 1.54) is 5.56 Å². The van der Waals surface area contributed by atoms with Gasteiger partial charge in [-0.3, -0.25) is 9.69 Å². The molecule has 2 fully saturated rings. The van der Waals surface area contributed by atoms with Gasteiger partial charge in [-0.05, 0) is 18.4 Å². The Bertz CT molecular complexity index is 442. The zero-order valence-electron chi connectivity index (χ0n) is 11.9. The number of rotatable bonds is 3. The molecule has 1 N–H and O–H groups in total. The highest BCUT2D eigenvalue weighted by Crippen LogP contribution is 2.12. The van der Waals surface area contributed by atoms with Crippen molar-refractivity contribution in [3.63, 3.8) is 0 Å². The molecule has 1 aromatic rings. The summed E-state index contributed by atoms with van der Waals surface area (Å²) in [6.45, 7) is 5.55. The summed E-state index contributed by atoms with van der Waals surface area (Å²) in [5, 5.41) is 3.38. The third kappa shape index (κ3) is 3.19. The van der Waals surface area contributed by atoms with Gasteiger partial charge in [0.1, 0.15) is 0 Å². The Hall–Kier alpha value is -1.39. The van der Waals surface area contributed by atoms with E-state index in [0.717, 1.165) is 52.1 Å². The van der Waals surface area contributed by atoms with Crippen LogP contribution in [0, 0.1) is 0 Å². The maximum atomic E-state index is 12.4. The lowest BCUT2D eigenvalue weighted by Crippen LogP contribution is -2.57. The Labute approximate surface area is 120 Å². The molecule has 0 aliphatic carbocycles. The van der Waals surface area contributed by atoms with E-state index in [1.807, 2.05) is 11.0 Å². The first-order valence-corrected chi connectivity index (χ1v) is 7.61. The molecule has 1 unspecified atom stereocenters. The van der Waals surface area contributed by atoms with Crippen molar-refractivity contribution in [1.82, 2.24) is 15.1 Å². The Morgan fingerprint density at radius 2 is 1.90 bits per heavy atom. The van der Waals surface area contributed by atoms with Crippen molar-refractivity contribution in [3.05, 3.63) is 35.9 Å². The molecule has 0 radical (unpaired) electrons. The van der Waals surface area contributed by atoms with Crippen LogP contribution in [0.25, 0.3) is 0 Å². The van der Waals surface area contributed by atoms with Crippen LogP contribution in [0.2, 0.25) is 0 Å². The first-order chi connectivity index (χ1) is 9.83. The first kappa shape index (κ1) is 13.6. The second-order valence-electron chi connectivity index (χ2n) is 5.76. The van der Waals surface area contributed by atoms with Crippen molar-refractivity contribution in [2.24, 2.45) is 0 Å². The van der Waals surface area contributed by atoms with Crippen LogP contribution in [0.3, 0.4) is 0 Å². The molecule has 0 saturated carbocycles. The molecule has 2 heterocycles. The number of carbonyl (C=O) groups is 1. The van der Waals surface area contributed by atoms with Gasteiger partial charge in [0.25, 0.3) is 0 Å². The maximum absolute atomic E-state index is 12.4. The zero-order chi connectivity index (χ0) is 13.8. The molecule has 3 rings (SSSR count). The van der Waals surface area contributed by atoms with E-state index in [1.54, 1.807) is 0 Å². The van der Waals surface area contributed by atoms with Gasteiger partial charge in [-0.15, -0.1) is 0 Å². The minimum Gasteiger partial charge on any atom is -0.341 e. The molecule has 1 aromatic carbocycles. The lowest BCUT2D eigenvalue weighted by atomic mass is 10.1.